The predicted molar refractivity (Wildman–Crippen MR) is 141 cm³/mol. The second-order valence-electron chi connectivity index (χ2n) is 10.8. The largest absolute Gasteiger partial charge is 0.328 e. The number of likely N-dealkylation sites (tertiary alicyclic amines) is 1. The minimum atomic E-state index is -3.20. The molecule has 0 radical (unpaired) electrons. The molecule has 1 unspecified atom stereocenters. The Hall–Kier alpha value is -2.34. The van der Waals surface area contributed by atoms with Gasteiger partial charge in [-0.3, -0.25) is 19.6 Å². The number of piperidine rings is 3. The van der Waals surface area contributed by atoms with Gasteiger partial charge < -0.3 is 10.6 Å². The van der Waals surface area contributed by atoms with Gasteiger partial charge in [0.2, 0.25) is 21.8 Å². The molecule has 0 aliphatic carbocycles. The zero-order chi connectivity index (χ0) is 26.2. The highest BCUT2D eigenvalue weighted by Gasteiger charge is 2.32. The summed E-state index contributed by atoms with van der Waals surface area (Å²) in [6.45, 7) is 3.80. The summed E-state index contributed by atoms with van der Waals surface area (Å²) < 4.78 is 28.8. The fourth-order valence-corrected chi connectivity index (χ4v) is 7.53. The SMILES string of the molecule is Cn1nc(C2CCC(=O)NC2=O)c2ccc(C3CCN(CCCS(=O)(=O)N4CCC(N)CC4)CC3)cc21. The lowest BCUT2D eigenvalue weighted by atomic mass is 9.88. The van der Waals surface area contributed by atoms with E-state index >= 15 is 0 Å². The molecule has 0 saturated carbocycles. The molecular weight excluding hydrogens is 492 g/mol. The lowest BCUT2D eigenvalue weighted by Gasteiger charge is -2.33. The fourth-order valence-electron chi connectivity index (χ4n) is 6.01. The number of hydrogen-bond donors (Lipinski definition) is 2. The van der Waals surface area contributed by atoms with Gasteiger partial charge in [0.1, 0.15) is 0 Å². The van der Waals surface area contributed by atoms with Crippen molar-refractivity contribution >= 4 is 32.7 Å². The van der Waals surface area contributed by atoms with E-state index in [1.54, 1.807) is 4.31 Å². The van der Waals surface area contributed by atoms with Crippen LogP contribution in [0.1, 0.15) is 68.0 Å². The number of nitrogens with zero attached hydrogens (tertiary/aromatic N) is 4. The van der Waals surface area contributed by atoms with E-state index < -0.39 is 15.9 Å². The second-order valence-corrected chi connectivity index (χ2v) is 12.9. The molecule has 1 aromatic carbocycles. The fraction of sp³-hybridized carbons (Fsp3) is 0.654. The van der Waals surface area contributed by atoms with Gasteiger partial charge in [0.25, 0.3) is 0 Å². The van der Waals surface area contributed by atoms with Gasteiger partial charge in [-0.2, -0.15) is 5.10 Å². The van der Waals surface area contributed by atoms with Crippen LogP contribution in [0.2, 0.25) is 0 Å². The van der Waals surface area contributed by atoms with Crippen molar-refractivity contribution in [2.45, 2.75) is 62.8 Å². The summed E-state index contributed by atoms with van der Waals surface area (Å²) in [5, 5.41) is 8.06. The first-order valence-corrected chi connectivity index (χ1v) is 15.1. The molecule has 3 aliphatic heterocycles. The molecule has 10 nitrogen and oxygen atoms in total. The Bertz CT molecular complexity index is 1260. The number of aromatic nitrogens is 2. The van der Waals surface area contributed by atoms with Crippen LogP contribution in [-0.4, -0.2) is 83.7 Å². The third kappa shape index (κ3) is 5.74. The highest BCUT2D eigenvalue weighted by Crippen LogP contribution is 2.34. The molecule has 1 aromatic heterocycles. The van der Waals surface area contributed by atoms with Crippen molar-refractivity contribution in [3.63, 3.8) is 0 Å². The first-order valence-electron chi connectivity index (χ1n) is 13.5. The van der Waals surface area contributed by atoms with Crippen molar-refractivity contribution in [3.8, 4) is 0 Å². The average Bonchev–Trinajstić information content (AvgIpc) is 3.20. The number of benzene rings is 1. The summed E-state index contributed by atoms with van der Waals surface area (Å²) in [6, 6.07) is 6.53. The summed E-state index contributed by atoms with van der Waals surface area (Å²) in [4.78, 5) is 26.3. The highest BCUT2D eigenvalue weighted by molar-refractivity contribution is 7.89. The zero-order valence-electron chi connectivity index (χ0n) is 21.6. The quantitative estimate of drug-likeness (QED) is 0.518. The molecular formula is C26H38N6O4S. The third-order valence-electron chi connectivity index (χ3n) is 8.30. The van der Waals surface area contributed by atoms with Gasteiger partial charge in [0, 0.05) is 38.0 Å². The molecule has 3 N–H and O–H groups in total. The lowest BCUT2D eigenvalue weighted by molar-refractivity contribution is -0.134. The number of nitrogens with two attached hydrogens (primary N) is 1. The van der Waals surface area contributed by atoms with E-state index in [4.69, 9.17) is 5.73 Å². The zero-order valence-corrected chi connectivity index (χ0v) is 22.4. The summed E-state index contributed by atoms with van der Waals surface area (Å²) in [7, 11) is -1.30. The maximum absolute atomic E-state index is 12.7. The second kappa shape index (κ2) is 10.8. The van der Waals surface area contributed by atoms with Gasteiger partial charge >= 0.3 is 0 Å². The monoisotopic (exact) mass is 530 g/mol. The van der Waals surface area contributed by atoms with Crippen LogP contribution >= 0.6 is 0 Å². The molecule has 0 spiro atoms. The Morgan fingerprint density at radius 3 is 2.49 bits per heavy atom. The van der Waals surface area contributed by atoms with Crippen LogP contribution in [0.4, 0.5) is 0 Å². The lowest BCUT2D eigenvalue weighted by Crippen LogP contribution is -2.44. The van der Waals surface area contributed by atoms with E-state index in [9.17, 15) is 18.0 Å². The van der Waals surface area contributed by atoms with Gasteiger partial charge in [-0.15, -0.1) is 0 Å². The number of aryl methyl sites for hydroxylation is 1. The number of rotatable bonds is 7. The van der Waals surface area contributed by atoms with E-state index in [1.165, 1.54) is 5.56 Å². The van der Waals surface area contributed by atoms with Crippen molar-refractivity contribution < 1.29 is 18.0 Å². The van der Waals surface area contributed by atoms with Crippen LogP contribution in [-0.2, 0) is 26.7 Å². The van der Waals surface area contributed by atoms with Gasteiger partial charge in [-0.1, -0.05) is 12.1 Å². The molecule has 2 aromatic rings. The first kappa shape index (κ1) is 26.3. The molecule has 3 saturated heterocycles. The molecule has 0 bridgehead atoms. The number of carbonyl (C=O) groups is 2. The summed E-state index contributed by atoms with van der Waals surface area (Å²) in [5.41, 5.74) is 8.93. The van der Waals surface area contributed by atoms with Gasteiger partial charge in [-0.25, -0.2) is 12.7 Å². The molecule has 4 heterocycles. The minimum Gasteiger partial charge on any atom is -0.328 e. The average molecular weight is 531 g/mol. The number of nitrogens with one attached hydrogen (secondary N) is 1. The van der Waals surface area contributed by atoms with Gasteiger partial charge in [-0.05, 0) is 75.7 Å². The van der Waals surface area contributed by atoms with E-state index in [0.717, 1.165) is 61.9 Å². The van der Waals surface area contributed by atoms with E-state index in [1.807, 2.05) is 11.7 Å². The number of hydrogen-bond acceptors (Lipinski definition) is 7. The van der Waals surface area contributed by atoms with Crippen LogP contribution in [0.3, 0.4) is 0 Å². The van der Waals surface area contributed by atoms with E-state index in [0.29, 0.717) is 38.3 Å². The van der Waals surface area contributed by atoms with Crippen LogP contribution < -0.4 is 11.1 Å². The molecule has 11 heteroatoms. The van der Waals surface area contributed by atoms with Crippen molar-refractivity contribution in [1.29, 1.82) is 0 Å². The molecule has 2 amide bonds. The molecule has 1 atom stereocenters. The number of imide groups is 1. The topological polar surface area (TPSA) is 131 Å². The van der Waals surface area contributed by atoms with Crippen molar-refractivity contribution in [1.82, 2.24) is 24.3 Å². The normalized spacial score (nSPS) is 23.6. The van der Waals surface area contributed by atoms with Crippen molar-refractivity contribution in [2.75, 3.05) is 38.5 Å². The molecule has 37 heavy (non-hydrogen) atoms. The van der Waals surface area contributed by atoms with E-state index in [-0.39, 0.29) is 23.6 Å². The highest BCUT2D eigenvalue weighted by atomic mass is 32.2. The summed E-state index contributed by atoms with van der Waals surface area (Å²) in [5.74, 6) is -0.235. The van der Waals surface area contributed by atoms with Gasteiger partial charge in [0.05, 0.1) is 22.9 Å². The first-order chi connectivity index (χ1) is 17.7. The van der Waals surface area contributed by atoms with Crippen molar-refractivity contribution in [2.24, 2.45) is 12.8 Å². The molecule has 202 valence electrons. The number of carbonyl (C=O) groups excluding carboxylic acids is 2. The Labute approximate surface area is 218 Å². The van der Waals surface area contributed by atoms with Crippen molar-refractivity contribution in [3.05, 3.63) is 29.5 Å². The Morgan fingerprint density at radius 1 is 1.05 bits per heavy atom. The maximum Gasteiger partial charge on any atom is 0.235 e. The summed E-state index contributed by atoms with van der Waals surface area (Å²) in [6.07, 6.45) is 5.03. The molecule has 5 rings (SSSR count). The van der Waals surface area contributed by atoms with Gasteiger partial charge in [0.15, 0.2) is 0 Å². The number of sulfonamides is 1. The van der Waals surface area contributed by atoms with Crippen LogP contribution in [0.5, 0.6) is 0 Å². The standard InChI is InChI=1S/C26H38N6O4S/c1-30-23-17-19(3-4-21(23)25(29-30)22-5-6-24(33)28-26(22)34)18-7-12-31(13-8-18)11-2-16-37(35,36)32-14-9-20(27)10-15-32/h3-4,17-18,20,22H,2,5-16,27H2,1H3,(H,28,33,34). The summed E-state index contributed by atoms with van der Waals surface area (Å²) >= 11 is 0. The van der Waals surface area contributed by atoms with Crippen LogP contribution in [0.25, 0.3) is 10.9 Å². The Kier molecular flexibility index (Phi) is 7.67. The maximum atomic E-state index is 12.7. The molecule has 3 fully saturated rings. The smallest absolute Gasteiger partial charge is 0.235 e. The minimum absolute atomic E-state index is 0.124. The molecule has 3 aliphatic rings. The number of amides is 2. The Balaban J connectivity index is 1.15. The van der Waals surface area contributed by atoms with Crippen LogP contribution in [0.15, 0.2) is 18.2 Å². The third-order valence-corrected chi connectivity index (χ3v) is 10.3. The predicted octanol–water partition coefficient (Wildman–Crippen LogP) is 1.42. The number of fused-ring (bicyclic) bond motifs is 1. The Morgan fingerprint density at radius 2 is 1.78 bits per heavy atom. The van der Waals surface area contributed by atoms with E-state index in [2.05, 4.69) is 33.5 Å². The van der Waals surface area contributed by atoms with Crippen LogP contribution in [0, 0.1) is 0 Å².